The van der Waals surface area contributed by atoms with Crippen molar-refractivity contribution in [2.24, 2.45) is 0 Å². The van der Waals surface area contributed by atoms with Gasteiger partial charge in [-0.25, -0.2) is 0 Å². The molecule has 0 saturated heterocycles. The summed E-state index contributed by atoms with van der Waals surface area (Å²) in [4.78, 5) is 12.6. The van der Waals surface area contributed by atoms with E-state index < -0.39 is 0 Å². The van der Waals surface area contributed by atoms with Crippen molar-refractivity contribution in [2.45, 2.75) is 13.0 Å². The fourth-order valence-corrected chi connectivity index (χ4v) is 2.97. The summed E-state index contributed by atoms with van der Waals surface area (Å²) in [6.45, 7) is 2.48. The average molecular weight is 319 g/mol. The monoisotopic (exact) mass is 319 g/mol. The fraction of sp³-hybridized carbons (Fsp3) is 0.190. The van der Waals surface area contributed by atoms with Crippen molar-refractivity contribution >= 4 is 16.7 Å². The third kappa shape index (κ3) is 3.31. The van der Waals surface area contributed by atoms with E-state index in [-0.39, 0.29) is 12.0 Å². The predicted molar refractivity (Wildman–Crippen MR) is 97.2 cm³/mol. The molecule has 3 nitrogen and oxygen atoms in total. The molecule has 0 fully saturated rings. The summed E-state index contributed by atoms with van der Waals surface area (Å²) in [6, 6.07) is 21.8. The first-order valence-electron chi connectivity index (χ1n) is 8.05. The van der Waals surface area contributed by atoms with Gasteiger partial charge in [0.2, 0.25) is 0 Å². The van der Waals surface area contributed by atoms with Gasteiger partial charge in [0.05, 0.1) is 6.10 Å². The maximum Gasteiger partial charge on any atom is 0.252 e. The van der Waals surface area contributed by atoms with Gasteiger partial charge in [-0.3, -0.25) is 4.79 Å². The number of ether oxygens (including phenoxy) is 1. The Morgan fingerprint density at radius 2 is 1.71 bits per heavy atom. The Bertz CT molecular complexity index is 852. The number of methoxy groups -OCH3 is 1. The highest BCUT2D eigenvalue weighted by molar-refractivity contribution is 6.07. The highest BCUT2D eigenvalue weighted by Gasteiger charge is 2.15. The lowest BCUT2D eigenvalue weighted by Crippen LogP contribution is -2.29. The molecule has 0 radical (unpaired) electrons. The highest BCUT2D eigenvalue weighted by Crippen LogP contribution is 2.21. The third-order valence-corrected chi connectivity index (χ3v) is 4.30. The van der Waals surface area contributed by atoms with Gasteiger partial charge in [0.25, 0.3) is 5.91 Å². The summed E-state index contributed by atoms with van der Waals surface area (Å²) >= 11 is 0. The zero-order chi connectivity index (χ0) is 16.9. The first kappa shape index (κ1) is 16.2. The van der Waals surface area contributed by atoms with E-state index in [4.69, 9.17) is 4.74 Å². The number of amides is 1. The lowest BCUT2D eigenvalue weighted by atomic mass is 10.0. The summed E-state index contributed by atoms with van der Waals surface area (Å²) in [5.41, 5.74) is 2.94. The van der Waals surface area contributed by atoms with Crippen molar-refractivity contribution in [2.75, 3.05) is 13.7 Å². The molecule has 1 amide bonds. The zero-order valence-corrected chi connectivity index (χ0v) is 14.0. The molecule has 0 heterocycles. The topological polar surface area (TPSA) is 38.3 Å². The number of benzene rings is 3. The zero-order valence-electron chi connectivity index (χ0n) is 14.0. The molecule has 24 heavy (non-hydrogen) atoms. The first-order valence-corrected chi connectivity index (χ1v) is 8.05. The number of carbonyl (C=O) groups excluding carboxylic acids is 1. The van der Waals surface area contributed by atoms with E-state index in [1.807, 2.05) is 73.7 Å². The van der Waals surface area contributed by atoms with Gasteiger partial charge in [0, 0.05) is 19.2 Å². The summed E-state index contributed by atoms with van der Waals surface area (Å²) in [7, 11) is 1.67. The van der Waals surface area contributed by atoms with E-state index in [0.717, 1.165) is 21.9 Å². The number of hydrogen-bond acceptors (Lipinski definition) is 2. The van der Waals surface area contributed by atoms with Gasteiger partial charge >= 0.3 is 0 Å². The van der Waals surface area contributed by atoms with Crippen LogP contribution in [0.4, 0.5) is 0 Å². The molecule has 1 N–H and O–H groups in total. The molecular formula is C21H21NO2. The maximum atomic E-state index is 12.6. The highest BCUT2D eigenvalue weighted by atomic mass is 16.5. The second-order valence-electron chi connectivity index (χ2n) is 5.82. The molecule has 0 bridgehead atoms. The van der Waals surface area contributed by atoms with Crippen molar-refractivity contribution in [3.8, 4) is 0 Å². The lowest BCUT2D eigenvalue weighted by Gasteiger charge is -2.19. The molecule has 3 aromatic carbocycles. The second-order valence-corrected chi connectivity index (χ2v) is 5.82. The van der Waals surface area contributed by atoms with Gasteiger partial charge in [0.1, 0.15) is 0 Å². The minimum Gasteiger partial charge on any atom is -0.375 e. The molecule has 1 atom stereocenters. The van der Waals surface area contributed by atoms with Gasteiger partial charge < -0.3 is 10.1 Å². The molecule has 0 unspecified atom stereocenters. The minimum absolute atomic E-state index is 0.0811. The summed E-state index contributed by atoms with van der Waals surface area (Å²) in [6.07, 6.45) is -0.162. The predicted octanol–water partition coefficient (Wildman–Crippen LogP) is 4.27. The Labute approximate surface area is 142 Å². The van der Waals surface area contributed by atoms with Crippen LogP contribution >= 0.6 is 0 Å². The van der Waals surface area contributed by atoms with E-state index in [9.17, 15) is 4.79 Å². The maximum absolute atomic E-state index is 12.6. The third-order valence-electron chi connectivity index (χ3n) is 4.30. The smallest absolute Gasteiger partial charge is 0.252 e. The number of nitrogens with one attached hydrogen (secondary N) is 1. The Hall–Kier alpha value is -2.65. The van der Waals surface area contributed by atoms with Gasteiger partial charge in [0.15, 0.2) is 0 Å². The van der Waals surface area contributed by atoms with Crippen LogP contribution in [0.15, 0.2) is 66.7 Å². The number of aryl methyl sites for hydroxylation is 1. The van der Waals surface area contributed by atoms with Crippen LogP contribution in [0.5, 0.6) is 0 Å². The Morgan fingerprint density at radius 3 is 2.50 bits per heavy atom. The quantitative estimate of drug-likeness (QED) is 0.763. The summed E-state index contributed by atoms with van der Waals surface area (Å²) in [5, 5.41) is 5.03. The summed E-state index contributed by atoms with van der Waals surface area (Å²) < 4.78 is 5.58. The van der Waals surface area contributed by atoms with Gasteiger partial charge in [-0.1, -0.05) is 60.7 Å². The normalized spacial score (nSPS) is 12.1. The number of carbonyl (C=O) groups is 1. The molecule has 3 rings (SSSR count). The Morgan fingerprint density at radius 1 is 1.00 bits per heavy atom. The summed E-state index contributed by atoms with van der Waals surface area (Å²) in [5.74, 6) is -0.0811. The molecular weight excluding hydrogens is 298 g/mol. The van der Waals surface area contributed by atoms with Crippen LogP contribution in [0.25, 0.3) is 10.8 Å². The van der Waals surface area contributed by atoms with Crippen molar-refractivity contribution < 1.29 is 9.53 Å². The molecule has 0 aliphatic carbocycles. The molecule has 0 aliphatic heterocycles. The largest absolute Gasteiger partial charge is 0.375 e. The first-order chi connectivity index (χ1) is 11.7. The van der Waals surface area contributed by atoms with Gasteiger partial charge in [-0.15, -0.1) is 0 Å². The number of fused-ring (bicyclic) bond motifs is 1. The molecule has 0 aromatic heterocycles. The van der Waals surface area contributed by atoms with Crippen LogP contribution in [0, 0.1) is 6.92 Å². The Balaban J connectivity index is 1.78. The number of rotatable bonds is 5. The Kier molecular flexibility index (Phi) is 4.92. The SMILES string of the molecule is CO[C@@H](CNC(=O)c1cccc2ccccc12)c1ccccc1C. The lowest BCUT2D eigenvalue weighted by molar-refractivity contribution is 0.0827. The van der Waals surface area contributed by atoms with Gasteiger partial charge in [-0.05, 0) is 34.9 Å². The molecule has 0 aliphatic rings. The molecule has 0 spiro atoms. The van der Waals surface area contributed by atoms with Crippen LogP contribution in [0.1, 0.15) is 27.6 Å². The van der Waals surface area contributed by atoms with Crippen molar-refractivity contribution in [3.05, 3.63) is 83.4 Å². The minimum atomic E-state index is -0.162. The molecule has 122 valence electrons. The van der Waals surface area contributed by atoms with Gasteiger partial charge in [-0.2, -0.15) is 0 Å². The standard InChI is InChI=1S/C21H21NO2/c1-15-8-3-5-11-17(15)20(24-2)14-22-21(23)19-13-7-10-16-9-4-6-12-18(16)19/h3-13,20H,14H2,1-2H3,(H,22,23)/t20-/m0/s1. The molecule has 0 saturated carbocycles. The van der Waals surface area contributed by atoms with E-state index in [1.54, 1.807) is 7.11 Å². The van der Waals surface area contributed by atoms with Crippen LogP contribution in [-0.4, -0.2) is 19.6 Å². The van der Waals surface area contributed by atoms with E-state index >= 15 is 0 Å². The van der Waals surface area contributed by atoms with Crippen LogP contribution < -0.4 is 5.32 Å². The van der Waals surface area contributed by atoms with E-state index in [0.29, 0.717) is 12.1 Å². The van der Waals surface area contributed by atoms with Crippen molar-refractivity contribution in [1.82, 2.24) is 5.32 Å². The van der Waals surface area contributed by atoms with Crippen molar-refractivity contribution in [1.29, 1.82) is 0 Å². The van der Waals surface area contributed by atoms with E-state index in [1.165, 1.54) is 0 Å². The number of hydrogen-bond donors (Lipinski definition) is 1. The molecule has 3 heteroatoms. The van der Waals surface area contributed by atoms with Crippen LogP contribution in [0.3, 0.4) is 0 Å². The van der Waals surface area contributed by atoms with Crippen LogP contribution in [0.2, 0.25) is 0 Å². The molecule has 3 aromatic rings. The van der Waals surface area contributed by atoms with Crippen molar-refractivity contribution in [3.63, 3.8) is 0 Å². The fourth-order valence-electron chi connectivity index (χ4n) is 2.97. The average Bonchev–Trinajstić information content (AvgIpc) is 2.63. The van der Waals surface area contributed by atoms with E-state index in [2.05, 4.69) is 5.32 Å². The second kappa shape index (κ2) is 7.28. The van der Waals surface area contributed by atoms with Crippen LogP contribution in [-0.2, 0) is 4.74 Å².